The maximum atomic E-state index is 12.0. The maximum absolute atomic E-state index is 12.0. The van der Waals surface area contributed by atoms with Crippen molar-refractivity contribution in [2.45, 2.75) is 318 Å². The number of amides is 6. The minimum absolute atomic E-state index is 0.000849. The minimum Gasteiger partial charge on any atom is -0.373 e. The molecule has 3 heterocycles. The van der Waals surface area contributed by atoms with Gasteiger partial charge in [0.25, 0.3) is 5.56 Å². The van der Waals surface area contributed by atoms with Gasteiger partial charge in [0.2, 0.25) is 35.4 Å². The number of nitriles is 1. The number of hydrogen-bond acceptors (Lipinski definition) is 14. The molecule has 2 atom stereocenters. The van der Waals surface area contributed by atoms with Crippen molar-refractivity contribution in [1.82, 2.24) is 40.3 Å². The van der Waals surface area contributed by atoms with Crippen molar-refractivity contribution in [1.29, 1.82) is 5.26 Å². The Morgan fingerprint density at radius 3 is 1.27 bits per heavy atom. The van der Waals surface area contributed by atoms with Crippen LogP contribution in [0.5, 0.6) is 0 Å². The second kappa shape index (κ2) is 61.6. The van der Waals surface area contributed by atoms with Crippen LogP contribution in [0.15, 0.2) is 78.7 Å². The number of alkyl halides is 3. The summed E-state index contributed by atoms with van der Waals surface area (Å²) in [6, 6.07) is 9.86. The predicted molar refractivity (Wildman–Crippen MR) is 522 cm³/mol. The number of nitrogens with one attached hydrogen (secondary N) is 5. The lowest BCUT2D eigenvalue weighted by atomic mass is 9.89. The number of ketones is 2. The van der Waals surface area contributed by atoms with Crippen molar-refractivity contribution in [2.24, 2.45) is 65.0 Å². The van der Waals surface area contributed by atoms with E-state index in [9.17, 15) is 43.2 Å². The first-order chi connectivity index (χ1) is 55.0. The lowest BCUT2D eigenvalue weighted by Gasteiger charge is -2.23. The van der Waals surface area contributed by atoms with Gasteiger partial charge in [0.15, 0.2) is 5.78 Å². The molecule has 0 radical (unpaired) electrons. The van der Waals surface area contributed by atoms with E-state index in [0.717, 1.165) is 94.4 Å². The van der Waals surface area contributed by atoms with E-state index in [0.29, 0.717) is 72.9 Å². The molecule has 1 aromatic heterocycles. The number of epoxide rings is 2. The fraction of sp³-hybridized carbons (Fsp3) is 0.755. The smallest absolute Gasteiger partial charge is 0.268 e. The summed E-state index contributed by atoms with van der Waals surface area (Å²) in [6.45, 7) is 86.8. The number of allylic oxidation sites excluding steroid dienone is 2. The van der Waals surface area contributed by atoms with Gasteiger partial charge >= 0.3 is 0 Å². The molecule has 0 spiro atoms. The van der Waals surface area contributed by atoms with Crippen molar-refractivity contribution in [3.8, 4) is 6.07 Å². The van der Waals surface area contributed by atoms with Gasteiger partial charge in [-0.25, -0.2) is 0 Å². The van der Waals surface area contributed by atoms with Crippen LogP contribution in [-0.2, 0) is 54.4 Å². The van der Waals surface area contributed by atoms with Gasteiger partial charge in [0.1, 0.15) is 23.0 Å². The summed E-state index contributed by atoms with van der Waals surface area (Å²) in [5, 5.41) is 23.5. The molecule has 3 aliphatic rings. The number of hydrogen-bond donors (Lipinski definition) is 5. The zero-order valence-corrected chi connectivity index (χ0v) is 87.0. The van der Waals surface area contributed by atoms with E-state index < -0.39 is 5.41 Å². The van der Waals surface area contributed by atoms with E-state index >= 15 is 0 Å². The van der Waals surface area contributed by atoms with Crippen molar-refractivity contribution < 1.29 is 47.8 Å². The number of fused-ring (bicyclic) bond motifs is 1. The van der Waals surface area contributed by atoms with Crippen LogP contribution < -0.4 is 32.1 Å². The van der Waals surface area contributed by atoms with E-state index in [4.69, 9.17) is 49.5 Å². The molecule has 24 heteroatoms. The predicted octanol–water partition coefficient (Wildman–Crippen LogP) is 21.6. The molecule has 1 aromatic carbocycles. The van der Waals surface area contributed by atoms with Crippen LogP contribution in [0.4, 0.5) is 0 Å². The van der Waals surface area contributed by atoms with Gasteiger partial charge in [-0.2, -0.15) is 5.26 Å². The summed E-state index contributed by atoms with van der Waals surface area (Å²) in [5.74, 6) is 0.313. The Hall–Kier alpha value is -5.73. The van der Waals surface area contributed by atoms with Gasteiger partial charge in [-0.15, -0.1) is 34.8 Å². The fourth-order valence-corrected chi connectivity index (χ4v) is 10.4. The average Bonchev–Trinajstić information content (AvgIpc) is 1.64. The van der Waals surface area contributed by atoms with E-state index in [1.165, 1.54) is 24.6 Å². The average molecular weight is 1800 g/mol. The Kier molecular flexibility index (Phi) is 64.2. The highest BCUT2D eigenvalue weighted by Crippen LogP contribution is 2.45. The molecule has 1 aliphatic carbocycles. The van der Waals surface area contributed by atoms with E-state index in [1.54, 1.807) is 35.6 Å². The number of likely N-dealkylation sites (N-methyl/N-ethyl adjacent to an activating group) is 1. The molecular weight excluding hydrogens is 1620 g/mol. The molecule has 3 fully saturated rings. The fourth-order valence-electron chi connectivity index (χ4n) is 8.69. The van der Waals surface area contributed by atoms with Gasteiger partial charge in [-0.3, -0.25) is 47.1 Å². The number of benzene rings is 1. The van der Waals surface area contributed by atoms with Gasteiger partial charge in [0.05, 0.1) is 47.5 Å². The molecule has 20 nitrogen and oxygen atoms in total. The minimum atomic E-state index is -0.675. The SMILES string of the molecule is C/C=C/C(=O)NCC(C)(C)C.C=CC(=O)CCCC(C)(C)C.C=CC(=O)NCC(C)(C)C.CC(C)(C)C1CO1.CC(C)(C)CC1CO1.CC(C)(C)CCCC(=O)CCl.CC(C)(C)CNC(=O)C1(C#N)CC1.CC(C)(C)CNC(=O)CCl.CC(C)(C)Cn1sc2ccccc2c1=O.CN(C)C/C=C/C(=O)NCC(C)(C)C.CN(CCC(C)(C)C)C(=O)CCl. The molecule has 5 rings (SSSR count). The monoisotopic (exact) mass is 1790 g/mol. The van der Waals surface area contributed by atoms with Gasteiger partial charge in [-0.1, -0.05) is 277 Å². The lowest BCUT2D eigenvalue weighted by molar-refractivity contribution is -0.127. The summed E-state index contributed by atoms with van der Waals surface area (Å²) in [7, 11) is 5.73. The number of ether oxygens (including phenoxy) is 2. The molecule has 0 bridgehead atoms. The second-order valence-electron chi connectivity index (χ2n) is 44.9. The number of aromatic nitrogens is 1. The summed E-state index contributed by atoms with van der Waals surface area (Å²) in [6.07, 6.45) is 19.6. The molecule has 2 aliphatic heterocycles. The van der Waals surface area contributed by atoms with Crippen molar-refractivity contribution in [3.63, 3.8) is 0 Å². The quantitative estimate of drug-likeness (QED) is 0.0352. The Balaban J connectivity index is -0.000000305. The van der Waals surface area contributed by atoms with Crippen LogP contribution in [0.25, 0.3) is 10.1 Å². The Morgan fingerprint density at radius 1 is 0.541 bits per heavy atom. The lowest BCUT2D eigenvalue weighted by Crippen LogP contribution is -2.37. The van der Waals surface area contributed by atoms with Crippen molar-refractivity contribution in [3.05, 3.63) is 84.2 Å². The third kappa shape index (κ3) is 92.0. The first-order valence-electron chi connectivity index (χ1n) is 43.3. The van der Waals surface area contributed by atoms with E-state index in [-0.39, 0.29) is 108 Å². The van der Waals surface area contributed by atoms with Gasteiger partial charge in [0, 0.05) is 78.3 Å². The Bertz CT molecular complexity index is 3460. The summed E-state index contributed by atoms with van der Waals surface area (Å²) in [5.41, 5.74) is 2.11. The van der Waals surface area contributed by atoms with Crippen LogP contribution in [0, 0.1) is 76.3 Å². The Morgan fingerprint density at radius 2 is 0.959 bits per heavy atom. The van der Waals surface area contributed by atoms with Crippen LogP contribution in [-0.4, -0.2) is 171 Å². The topological polar surface area (TPSA) is 274 Å². The molecule has 2 unspecified atom stereocenters. The largest absolute Gasteiger partial charge is 0.373 e. The zero-order chi connectivity index (χ0) is 96.9. The molecule has 2 saturated heterocycles. The third-order valence-electron chi connectivity index (χ3n) is 16.3. The van der Waals surface area contributed by atoms with Gasteiger partial charge < -0.3 is 45.9 Å². The van der Waals surface area contributed by atoms with Crippen LogP contribution >= 0.6 is 46.3 Å². The Labute approximate surface area is 763 Å². The first kappa shape index (κ1) is 127. The van der Waals surface area contributed by atoms with Gasteiger partial charge in [-0.05, 0) is 162 Å². The molecule has 2 aromatic rings. The van der Waals surface area contributed by atoms with E-state index in [2.05, 4.69) is 274 Å². The summed E-state index contributed by atoms with van der Waals surface area (Å²) >= 11 is 17.6. The second-order valence-corrected chi connectivity index (χ2v) is 46.8. The molecule has 708 valence electrons. The summed E-state index contributed by atoms with van der Waals surface area (Å²) in [4.78, 5) is 103. The molecule has 5 N–H and O–H groups in total. The number of nitrogens with zero attached hydrogens (tertiary/aromatic N) is 4. The van der Waals surface area contributed by atoms with Crippen LogP contribution in [0.1, 0.15) is 300 Å². The number of rotatable bonds is 25. The number of carbonyl (C=O) groups is 8. The highest BCUT2D eigenvalue weighted by molar-refractivity contribution is 7.13. The highest BCUT2D eigenvalue weighted by atomic mass is 35.5. The standard InChI is InChI=1S/C12H15NOS.C11H22N2O.C10H16N2O.C10H18O.C9H18ClNO.C9H17ClO.C9H17NO.C8H15NO.C7H14ClNO.C7H14O.C6H12O/c1-12(2,3)8-13-11(14)9-6-4-5-7-10(9)15-13;1-11(2,3)9-12-10(14)7-6-8-13(4)5;1-9(2,3)7-12-8(13)10(6-11)4-5-10;1-5-9(11)7-6-8-10(2,3)4;1-9(2,3)5-6-11(4)8(12)7-10;1-9(2,3)6-4-5-8(11)7-10;1-5-6-8(11)10-7-9(2,3)4;1-5-7(10)9-6-8(2,3)4;1-7(2,3)5-9-6(10)4-8;1-7(2,3)4-6-5-8-6;1-6(2,3)5-4-7-5/h4-7H,8H2,1-3H3;6-7H,8-9H2,1-5H3,(H,12,14);4-5,7H2,1-3H3,(H,12,13);5H,1,6-8H2,2-4H3;5-7H2,1-4H3;4-7H2,1-3H3;5-6H,7H2,1-4H3,(H,10,11);5H,1,6H2,2-4H3,(H,9,10);4-5H2,1-3H3,(H,9,10);6H,4-5H2,1-3H3;5H,4H2,1-3H3/b;7-6+;;;;;6-5+;;;;. The number of halogens is 3. The van der Waals surface area contributed by atoms with Crippen LogP contribution in [0.3, 0.4) is 0 Å². The van der Waals surface area contributed by atoms with Crippen molar-refractivity contribution in [2.75, 3.05) is 97.8 Å². The normalized spacial score (nSPS) is 14.6. The number of carbonyl (C=O) groups excluding carboxylic acids is 8. The first-order valence-corrected chi connectivity index (χ1v) is 45.7. The molecule has 122 heavy (non-hydrogen) atoms. The zero-order valence-electron chi connectivity index (χ0n) is 83.9. The summed E-state index contributed by atoms with van der Waals surface area (Å²) < 4.78 is 13.1. The number of Topliss-reactive ketones (excluding diaryl/α,β-unsaturated/α-hetero) is 1. The third-order valence-corrected chi connectivity index (χ3v) is 18.1. The van der Waals surface area contributed by atoms with E-state index in [1.807, 2.05) is 60.2 Å². The molecule has 1 saturated carbocycles. The maximum Gasteiger partial charge on any atom is 0.268 e. The molecule has 6 amide bonds. The van der Waals surface area contributed by atoms with Crippen molar-refractivity contribution >= 4 is 103 Å². The highest BCUT2D eigenvalue weighted by Gasteiger charge is 2.50. The molecular formula is C98H178Cl3N9O11S. The van der Waals surface area contributed by atoms with Crippen LogP contribution in [0.2, 0.25) is 0 Å².